The Morgan fingerprint density at radius 2 is 1.86 bits per heavy atom. The third kappa shape index (κ3) is 5.04. The lowest BCUT2D eigenvalue weighted by Crippen LogP contribution is -2.37. The average molecular weight is 486 g/mol. The molecule has 3 atom stereocenters. The van der Waals surface area contributed by atoms with Gasteiger partial charge in [-0.1, -0.05) is 66.7 Å². The molecule has 2 N–H and O–H groups in total. The Morgan fingerprint density at radius 3 is 2.69 bits per heavy atom. The first kappa shape index (κ1) is 23.8. The van der Waals surface area contributed by atoms with E-state index < -0.39 is 18.4 Å². The lowest BCUT2D eigenvalue weighted by atomic mass is 9.84. The van der Waals surface area contributed by atoms with Crippen molar-refractivity contribution in [3.05, 3.63) is 107 Å². The number of carboxylic acids is 1. The van der Waals surface area contributed by atoms with Crippen molar-refractivity contribution in [1.29, 1.82) is 0 Å². The molecule has 0 unspecified atom stereocenters. The maximum Gasteiger partial charge on any atom is 0.341 e. The molecule has 0 bridgehead atoms. The summed E-state index contributed by atoms with van der Waals surface area (Å²) in [4.78, 5) is 10.8. The van der Waals surface area contributed by atoms with Gasteiger partial charge in [0.25, 0.3) is 0 Å². The molecular formula is C30H28FNO4. The fourth-order valence-corrected chi connectivity index (χ4v) is 4.97. The first-order chi connectivity index (χ1) is 17.5. The molecule has 0 aliphatic carbocycles. The van der Waals surface area contributed by atoms with Crippen LogP contribution in [0.4, 0.5) is 4.39 Å². The molecule has 1 heterocycles. The second kappa shape index (κ2) is 10.4. The highest BCUT2D eigenvalue weighted by atomic mass is 19.1. The number of halogens is 1. The summed E-state index contributed by atoms with van der Waals surface area (Å²) in [6, 6.07) is 27.4. The molecule has 5 rings (SSSR count). The lowest BCUT2D eigenvalue weighted by Gasteiger charge is -2.33. The zero-order chi connectivity index (χ0) is 25.1. The zero-order valence-electron chi connectivity index (χ0n) is 20.0. The molecule has 0 saturated carbocycles. The van der Waals surface area contributed by atoms with Crippen LogP contribution in [0.2, 0.25) is 0 Å². The highest BCUT2D eigenvalue weighted by Gasteiger charge is 2.30. The predicted molar refractivity (Wildman–Crippen MR) is 137 cm³/mol. The van der Waals surface area contributed by atoms with Crippen molar-refractivity contribution < 1.29 is 23.8 Å². The molecule has 184 valence electrons. The van der Waals surface area contributed by atoms with Gasteiger partial charge in [-0.3, -0.25) is 0 Å². The van der Waals surface area contributed by atoms with Crippen LogP contribution in [0.1, 0.15) is 42.0 Å². The summed E-state index contributed by atoms with van der Waals surface area (Å²) < 4.78 is 26.1. The normalized spacial score (nSPS) is 17.7. The van der Waals surface area contributed by atoms with Gasteiger partial charge < -0.3 is 19.9 Å². The van der Waals surface area contributed by atoms with Crippen LogP contribution in [0.25, 0.3) is 10.8 Å². The summed E-state index contributed by atoms with van der Waals surface area (Å²) >= 11 is 0. The Morgan fingerprint density at radius 1 is 1.08 bits per heavy atom. The summed E-state index contributed by atoms with van der Waals surface area (Å²) in [6.07, 6.45) is 0.578. The maximum absolute atomic E-state index is 14.7. The van der Waals surface area contributed by atoms with Gasteiger partial charge in [0.2, 0.25) is 0 Å². The van der Waals surface area contributed by atoms with Crippen molar-refractivity contribution >= 4 is 16.7 Å². The number of hydrogen-bond acceptors (Lipinski definition) is 4. The Balaban J connectivity index is 1.34. The van der Waals surface area contributed by atoms with E-state index in [4.69, 9.17) is 14.6 Å². The molecule has 0 aromatic heterocycles. The standard InChI is InChI=1S/C30H28FNO4/c1-19(23-11-6-8-20-7-2-3-9-24(20)23)32-17-22-16-26(25-10-4-5-12-28(25)36-22)21-13-14-29(27(31)15-21)35-18-30(33)34/h2-15,19,22,26,32H,16-18H2,1H3,(H,33,34)/t19-,22-,26-/m1/s1. The number of fused-ring (bicyclic) bond motifs is 2. The predicted octanol–water partition coefficient (Wildman–Crippen LogP) is 6.08. The highest BCUT2D eigenvalue weighted by Crippen LogP contribution is 2.41. The van der Waals surface area contributed by atoms with Crippen LogP contribution in [-0.4, -0.2) is 30.3 Å². The first-order valence-electron chi connectivity index (χ1n) is 12.1. The van der Waals surface area contributed by atoms with Crippen molar-refractivity contribution in [3.63, 3.8) is 0 Å². The van der Waals surface area contributed by atoms with Crippen LogP contribution in [0.3, 0.4) is 0 Å². The Bertz CT molecular complexity index is 1380. The molecule has 0 saturated heterocycles. The van der Waals surface area contributed by atoms with Gasteiger partial charge in [0.05, 0.1) is 0 Å². The van der Waals surface area contributed by atoms with Crippen LogP contribution in [0.5, 0.6) is 11.5 Å². The molecule has 0 amide bonds. The molecule has 6 heteroatoms. The number of ether oxygens (including phenoxy) is 2. The van der Waals surface area contributed by atoms with Crippen molar-refractivity contribution in [2.45, 2.75) is 31.4 Å². The number of rotatable bonds is 8. The SMILES string of the molecule is C[C@@H](NC[C@H]1C[C@H](c2ccc(OCC(=O)O)c(F)c2)c2ccccc2O1)c1cccc2ccccc12. The number of para-hydroxylation sites is 1. The first-order valence-corrected chi connectivity index (χ1v) is 12.1. The average Bonchev–Trinajstić information content (AvgIpc) is 2.90. The molecular weight excluding hydrogens is 457 g/mol. The lowest BCUT2D eigenvalue weighted by molar-refractivity contribution is -0.139. The van der Waals surface area contributed by atoms with Crippen LogP contribution in [0, 0.1) is 5.82 Å². The van der Waals surface area contributed by atoms with E-state index in [9.17, 15) is 9.18 Å². The fourth-order valence-electron chi connectivity index (χ4n) is 4.97. The third-order valence-corrected chi connectivity index (χ3v) is 6.74. The van der Waals surface area contributed by atoms with Crippen molar-refractivity contribution in [2.24, 2.45) is 0 Å². The second-order valence-corrected chi connectivity index (χ2v) is 9.14. The van der Waals surface area contributed by atoms with Gasteiger partial charge in [0.1, 0.15) is 11.9 Å². The van der Waals surface area contributed by atoms with E-state index >= 15 is 0 Å². The number of hydrogen-bond donors (Lipinski definition) is 2. The minimum atomic E-state index is -1.15. The second-order valence-electron chi connectivity index (χ2n) is 9.14. The largest absolute Gasteiger partial charge is 0.489 e. The quantitative estimate of drug-likeness (QED) is 0.317. The number of benzene rings is 4. The van der Waals surface area contributed by atoms with E-state index in [1.165, 1.54) is 28.5 Å². The zero-order valence-corrected chi connectivity index (χ0v) is 20.0. The summed E-state index contributed by atoms with van der Waals surface area (Å²) in [5.74, 6) is -1.05. The monoisotopic (exact) mass is 485 g/mol. The van der Waals surface area contributed by atoms with Gasteiger partial charge >= 0.3 is 5.97 Å². The third-order valence-electron chi connectivity index (χ3n) is 6.74. The van der Waals surface area contributed by atoms with Crippen LogP contribution in [0.15, 0.2) is 84.9 Å². The van der Waals surface area contributed by atoms with E-state index in [0.717, 1.165) is 16.9 Å². The van der Waals surface area contributed by atoms with Crippen LogP contribution >= 0.6 is 0 Å². The molecule has 4 aromatic rings. The van der Waals surface area contributed by atoms with Crippen LogP contribution in [-0.2, 0) is 4.79 Å². The number of carboxylic acid groups (broad SMARTS) is 1. The maximum atomic E-state index is 14.7. The topological polar surface area (TPSA) is 67.8 Å². The van der Waals surface area contributed by atoms with Gasteiger partial charge in [0.15, 0.2) is 18.2 Å². The minimum absolute atomic E-state index is 0.0577. The van der Waals surface area contributed by atoms with Gasteiger partial charge in [-0.2, -0.15) is 0 Å². The number of carbonyl (C=O) groups is 1. The molecule has 0 radical (unpaired) electrons. The van der Waals surface area contributed by atoms with Gasteiger partial charge in [-0.25, -0.2) is 9.18 Å². The van der Waals surface area contributed by atoms with Crippen LogP contribution < -0.4 is 14.8 Å². The molecule has 0 fully saturated rings. The molecule has 0 spiro atoms. The Kier molecular flexibility index (Phi) is 6.87. The Hall–Kier alpha value is -3.90. The summed E-state index contributed by atoms with van der Waals surface area (Å²) in [5, 5.41) is 14.9. The molecule has 36 heavy (non-hydrogen) atoms. The van der Waals surface area contributed by atoms with Gasteiger partial charge in [-0.05, 0) is 53.4 Å². The summed E-state index contributed by atoms with van der Waals surface area (Å²) in [6.45, 7) is 2.21. The van der Waals surface area contributed by atoms with E-state index in [-0.39, 0.29) is 23.8 Å². The Labute approximate surface area is 209 Å². The van der Waals surface area contributed by atoms with Crippen molar-refractivity contribution in [3.8, 4) is 11.5 Å². The molecule has 1 aliphatic heterocycles. The van der Waals surface area contributed by atoms with Gasteiger partial charge in [-0.15, -0.1) is 0 Å². The molecule has 5 nitrogen and oxygen atoms in total. The summed E-state index contributed by atoms with van der Waals surface area (Å²) in [7, 11) is 0. The van der Waals surface area contributed by atoms with Crippen molar-refractivity contribution in [2.75, 3.05) is 13.2 Å². The van der Waals surface area contributed by atoms with Gasteiger partial charge in [0, 0.05) is 24.1 Å². The van der Waals surface area contributed by atoms with E-state index in [2.05, 4.69) is 48.6 Å². The number of aliphatic carboxylic acids is 1. The summed E-state index contributed by atoms with van der Waals surface area (Å²) in [5.41, 5.74) is 3.05. The van der Waals surface area contributed by atoms with E-state index in [1.54, 1.807) is 6.07 Å². The van der Waals surface area contributed by atoms with E-state index in [1.807, 2.05) is 30.3 Å². The number of nitrogens with one attached hydrogen (secondary N) is 1. The fraction of sp³-hybridized carbons (Fsp3) is 0.233. The highest BCUT2D eigenvalue weighted by molar-refractivity contribution is 5.86. The molecule has 1 aliphatic rings. The van der Waals surface area contributed by atoms with E-state index in [0.29, 0.717) is 13.0 Å². The smallest absolute Gasteiger partial charge is 0.341 e. The minimum Gasteiger partial charge on any atom is -0.489 e. The van der Waals surface area contributed by atoms with Crippen molar-refractivity contribution in [1.82, 2.24) is 5.32 Å². The molecule has 4 aromatic carbocycles.